The van der Waals surface area contributed by atoms with Gasteiger partial charge < -0.3 is 9.32 Å². The lowest BCUT2D eigenvalue weighted by molar-refractivity contribution is 0.548. The quantitative estimate of drug-likeness (QED) is 0.403. The van der Waals surface area contributed by atoms with Crippen molar-refractivity contribution in [2.24, 2.45) is 0 Å². The highest BCUT2D eigenvalue weighted by Crippen LogP contribution is 2.42. The molecule has 0 radical (unpaired) electrons. The van der Waals surface area contributed by atoms with E-state index in [2.05, 4.69) is 35.6 Å². The Kier molecular flexibility index (Phi) is 4.92. The van der Waals surface area contributed by atoms with E-state index in [-0.39, 0.29) is 5.63 Å². The second-order valence-electron chi connectivity index (χ2n) is 7.45. The number of piperidine rings is 1. The Morgan fingerprint density at radius 1 is 1.14 bits per heavy atom. The normalized spacial score (nSPS) is 17.4. The van der Waals surface area contributed by atoms with Crippen LogP contribution >= 0.6 is 27.7 Å². The fourth-order valence-electron chi connectivity index (χ4n) is 3.80. The van der Waals surface area contributed by atoms with E-state index in [0.29, 0.717) is 17.4 Å². The Bertz CT molecular complexity index is 1070. The summed E-state index contributed by atoms with van der Waals surface area (Å²) >= 11 is 5.09. The third kappa shape index (κ3) is 3.59. The van der Waals surface area contributed by atoms with Gasteiger partial charge in [-0.15, -0.1) is 10.2 Å². The van der Waals surface area contributed by atoms with Crippen LogP contribution < -0.4 is 10.5 Å². The molecule has 28 heavy (non-hydrogen) atoms. The van der Waals surface area contributed by atoms with Crippen LogP contribution in [0.4, 0.5) is 5.95 Å². The predicted molar refractivity (Wildman–Crippen MR) is 114 cm³/mol. The summed E-state index contributed by atoms with van der Waals surface area (Å²) in [7, 11) is 0. The van der Waals surface area contributed by atoms with E-state index in [1.54, 1.807) is 17.8 Å². The molecular formula is C20H21BrN4O2S. The summed E-state index contributed by atoms with van der Waals surface area (Å²) < 4.78 is 8.57. The van der Waals surface area contributed by atoms with E-state index in [1.165, 1.54) is 32.1 Å². The van der Waals surface area contributed by atoms with Crippen molar-refractivity contribution in [3.05, 3.63) is 44.7 Å². The molecular weight excluding hydrogens is 440 g/mol. The van der Waals surface area contributed by atoms with Crippen LogP contribution in [0, 0.1) is 0 Å². The van der Waals surface area contributed by atoms with Crippen molar-refractivity contribution in [1.29, 1.82) is 0 Å². The molecule has 0 spiro atoms. The molecule has 0 amide bonds. The van der Waals surface area contributed by atoms with Crippen LogP contribution in [0.3, 0.4) is 0 Å². The zero-order valence-corrected chi connectivity index (χ0v) is 17.8. The van der Waals surface area contributed by atoms with Gasteiger partial charge in [0.15, 0.2) is 5.16 Å². The van der Waals surface area contributed by atoms with Crippen molar-refractivity contribution in [3.63, 3.8) is 0 Å². The van der Waals surface area contributed by atoms with Crippen molar-refractivity contribution in [2.75, 3.05) is 18.0 Å². The lowest BCUT2D eigenvalue weighted by atomic mass is 10.1. The maximum absolute atomic E-state index is 12.0. The Hall–Kier alpha value is -1.80. The molecule has 2 aromatic heterocycles. The minimum Gasteiger partial charge on any atom is -0.423 e. The molecule has 6 nitrogen and oxygen atoms in total. The molecule has 0 atom stereocenters. The number of rotatable bonds is 5. The first-order valence-electron chi connectivity index (χ1n) is 9.74. The zero-order chi connectivity index (χ0) is 19.1. The summed E-state index contributed by atoms with van der Waals surface area (Å²) in [5.41, 5.74) is 1.25. The Morgan fingerprint density at radius 2 is 1.96 bits per heavy atom. The van der Waals surface area contributed by atoms with E-state index >= 15 is 0 Å². The van der Waals surface area contributed by atoms with Crippen LogP contribution in [0.5, 0.6) is 0 Å². The van der Waals surface area contributed by atoms with Gasteiger partial charge in [-0.05, 0) is 55.9 Å². The largest absolute Gasteiger partial charge is 0.423 e. The zero-order valence-electron chi connectivity index (χ0n) is 15.4. The molecule has 1 aliphatic heterocycles. The Morgan fingerprint density at radius 3 is 2.75 bits per heavy atom. The maximum Gasteiger partial charge on any atom is 0.336 e. The number of thioether (sulfide) groups is 1. The van der Waals surface area contributed by atoms with Gasteiger partial charge in [0, 0.05) is 40.8 Å². The van der Waals surface area contributed by atoms with Crippen molar-refractivity contribution in [1.82, 2.24) is 14.8 Å². The first kappa shape index (κ1) is 18.2. The average Bonchev–Trinajstić information content (AvgIpc) is 3.45. The molecule has 146 valence electrons. The predicted octanol–water partition coefficient (Wildman–Crippen LogP) is 4.76. The highest BCUT2D eigenvalue weighted by Gasteiger charge is 2.32. The summed E-state index contributed by atoms with van der Waals surface area (Å²) in [4.78, 5) is 14.4. The van der Waals surface area contributed by atoms with E-state index in [1.807, 2.05) is 18.2 Å². The fraction of sp³-hybridized carbons (Fsp3) is 0.450. The Labute approximate surface area is 175 Å². The molecule has 5 rings (SSSR count). The number of hydrogen-bond acceptors (Lipinski definition) is 6. The van der Waals surface area contributed by atoms with Crippen molar-refractivity contribution in [3.8, 4) is 0 Å². The molecule has 3 heterocycles. The number of benzene rings is 1. The third-order valence-electron chi connectivity index (χ3n) is 5.35. The second kappa shape index (κ2) is 7.55. The van der Waals surface area contributed by atoms with Gasteiger partial charge in [-0.25, -0.2) is 4.79 Å². The number of fused-ring (bicyclic) bond motifs is 1. The fourth-order valence-corrected chi connectivity index (χ4v) is 5.13. The van der Waals surface area contributed by atoms with Gasteiger partial charge in [0.25, 0.3) is 0 Å². The monoisotopic (exact) mass is 460 g/mol. The Balaban J connectivity index is 1.44. The number of aromatic nitrogens is 3. The smallest absolute Gasteiger partial charge is 0.336 e. The van der Waals surface area contributed by atoms with Crippen LogP contribution in [-0.4, -0.2) is 27.9 Å². The average molecular weight is 461 g/mol. The molecule has 3 aromatic rings. The molecule has 1 aliphatic carbocycles. The minimum atomic E-state index is -0.320. The van der Waals surface area contributed by atoms with Crippen LogP contribution in [0.1, 0.15) is 43.7 Å². The number of nitrogens with zero attached hydrogens (tertiary/aromatic N) is 4. The third-order valence-corrected chi connectivity index (χ3v) is 6.83. The van der Waals surface area contributed by atoms with Crippen LogP contribution in [-0.2, 0) is 5.75 Å². The summed E-state index contributed by atoms with van der Waals surface area (Å²) in [6.45, 7) is 2.13. The molecule has 0 N–H and O–H groups in total. The SMILES string of the molecule is O=c1cc(CSc2nnc(N3CCCCC3)n2C2CC2)c2ccc(Br)cc2o1. The number of halogens is 1. The van der Waals surface area contributed by atoms with E-state index < -0.39 is 0 Å². The number of hydrogen-bond donors (Lipinski definition) is 0. The second-order valence-corrected chi connectivity index (χ2v) is 9.31. The van der Waals surface area contributed by atoms with Gasteiger partial charge in [-0.1, -0.05) is 27.7 Å². The van der Waals surface area contributed by atoms with Crippen LogP contribution in [0.2, 0.25) is 0 Å². The lowest BCUT2D eigenvalue weighted by Crippen LogP contribution is -2.31. The van der Waals surface area contributed by atoms with Gasteiger partial charge >= 0.3 is 5.63 Å². The standard InChI is InChI=1S/C20H21BrN4O2S/c21-14-4-7-16-13(10-18(26)27-17(16)11-14)12-28-20-23-22-19(25(20)15-5-6-15)24-8-2-1-3-9-24/h4,7,10-11,15H,1-3,5-6,8-9,12H2. The van der Waals surface area contributed by atoms with Crippen molar-refractivity contribution >= 4 is 44.6 Å². The first-order valence-corrected chi connectivity index (χ1v) is 11.5. The molecule has 2 fully saturated rings. The first-order chi connectivity index (χ1) is 13.7. The van der Waals surface area contributed by atoms with Gasteiger partial charge in [0.05, 0.1) is 0 Å². The van der Waals surface area contributed by atoms with E-state index in [0.717, 1.165) is 39.6 Å². The molecule has 2 aliphatic rings. The minimum absolute atomic E-state index is 0.320. The van der Waals surface area contributed by atoms with E-state index in [4.69, 9.17) is 4.42 Å². The van der Waals surface area contributed by atoms with Gasteiger partial charge in [-0.3, -0.25) is 4.57 Å². The van der Waals surface area contributed by atoms with Gasteiger partial charge in [-0.2, -0.15) is 0 Å². The summed E-state index contributed by atoms with van der Waals surface area (Å²) in [5, 5.41) is 11.0. The summed E-state index contributed by atoms with van der Waals surface area (Å²) in [5.74, 6) is 1.68. The van der Waals surface area contributed by atoms with Crippen molar-refractivity contribution < 1.29 is 4.42 Å². The van der Waals surface area contributed by atoms with Crippen LogP contribution in [0.25, 0.3) is 11.0 Å². The molecule has 1 saturated heterocycles. The molecule has 1 saturated carbocycles. The maximum atomic E-state index is 12.0. The molecule has 8 heteroatoms. The lowest BCUT2D eigenvalue weighted by Gasteiger charge is -2.27. The molecule has 0 unspecified atom stereocenters. The van der Waals surface area contributed by atoms with Gasteiger partial charge in [0.1, 0.15) is 5.58 Å². The summed E-state index contributed by atoms with van der Waals surface area (Å²) in [6.07, 6.45) is 6.13. The van der Waals surface area contributed by atoms with Crippen LogP contribution in [0.15, 0.2) is 43.1 Å². The molecule has 1 aromatic carbocycles. The van der Waals surface area contributed by atoms with Gasteiger partial charge in [0.2, 0.25) is 5.95 Å². The van der Waals surface area contributed by atoms with Crippen molar-refractivity contribution in [2.45, 2.75) is 49.1 Å². The molecule has 0 bridgehead atoms. The highest BCUT2D eigenvalue weighted by atomic mass is 79.9. The highest BCUT2D eigenvalue weighted by molar-refractivity contribution is 9.10. The number of anilines is 1. The van der Waals surface area contributed by atoms with E-state index in [9.17, 15) is 4.79 Å². The summed E-state index contributed by atoms with van der Waals surface area (Å²) in [6, 6.07) is 7.90. The topological polar surface area (TPSA) is 64.2 Å².